The van der Waals surface area contributed by atoms with Crippen LogP contribution in [0.5, 0.6) is 11.5 Å². The van der Waals surface area contributed by atoms with Crippen molar-refractivity contribution in [1.82, 2.24) is 0 Å². The van der Waals surface area contributed by atoms with E-state index in [0.29, 0.717) is 5.57 Å². The molecular formula is C32H38O7. The highest BCUT2D eigenvalue weighted by atomic mass is 16.4. The van der Waals surface area contributed by atoms with Crippen molar-refractivity contribution in [3.05, 3.63) is 79.3 Å². The van der Waals surface area contributed by atoms with Crippen LogP contribution in [0.4, 0.5) is 0 Å². The third-order valence-corrected chi connectivity index (χ3v) is 7.28. The highest BCUT2D eigenvalue weighted by molar-refractivity contribution is 6.13. The summed E-state index contributed by atoms with van der Waals surface area (Å²) in [4.78, 5) is 40.7. The van der Waals surface area contributed by atoms with Crippen molar-refractivity contribution in [2.75, 3.05) is 0 Å². The number of hydrogen-bond donors (Lipinski definition) is 3. The molecule has 0 saturated heterocycles. The van der Waals surface area contributed by atoms with Gasteiger partial charge in [0.15, 0.2) is 5.76 Å². The van der Waals surface area contributed by atoms with Gasteiger partial charge < -0.3 is 19.7 Å². The van der Waals surface area contributed by atoms with Gasteiger partial charge in [-0.2, -0.15) is 0 Å². The summed E-state index contributed by atoms with van der Waals surface area (Å²) < 4.78 is 6.06. The van der Waals surface area contributed by atoms with Crippen LogP contribution in [0.2, 0.25) is 0 Å². The molecule has 0 amide bonds. The van der Waals surface area contributed by atoms with Gasteiger partial charge >= 0.3 is 5.97 Å². The molecule has 1 aromatic heterocycles. The summed E-state index contributed by atoms with van der Waals surface area (Å²) in [5.41, 5.74) is 1.32. The number of aromatic hydroxyl groups is 2. The van der Waals surface area contributed by atoms with Crippen LogP contribution < -0.4 is 5.43 Å². The molecule has 0 saturated carbocycles. The van der Waals surface area contributed by atoms with Crippen LogP contribution >= 0.6 is 0 Å². The molecule has 39 heavy (non-hydrogen) atoms. The first-order valence-corrected chi connectivity index (χ1v) is 13.1. The molecule has 0 spiro atoms. The van der Waals surface area contributed by atoms with Crippen LogP contribution in [-0.4, -0.2) is 27.1 Å². The number of Topliss-reactive ketones (excluding diaryl/α,β-unsaturated/α-hetero) is 1. The second-order valence-corrected chi connectivity index (χ2v) is 11.2. The quantitative estimate of drug-likeness (QED) is 0.245. The molecule has 1 aliphatic carbocycles. The van der Waals surface area contributed by atoms with Gasteiger partial charge in [-0.15, -0.1) is 0 Å². The number of fused-ring (bicyclic) bond motifs is 2. The van der Waals surface area contributed by atoms with Crippen LogP contribution in [0.25, 0.3) is 11.0 Å². The lowest BCUT2D eigenvalue weighted by Gasteiger charge is -2.34. The average Bonchev–Trinajstić information content (AvgIpc) is 2.82. The molecule has 1 atom stereocenters. The Morgan fingerprint density at radius 3 is 2.18 bits per heavy atom. The van der Waals surface area contributed by atoms with E-state index in [4.69, 9.17) is 4.42 Å². The van der Waals surface area contributed by atoms with Crippen molar-refractivity contribution in [3.63, 3.8) is 0 Å². The number of carboxylic acids is 1. The van der Waals surface area contributed by atoms with Crippen molar-refractivity contribution in [1.29, 1.82) is 0 Å². The minimum Gasteiger partial charge on any atom is -0.507 e. The summed E-state index contributed by atoms with van der Waals surface area (Å²) in [5, 5.41) is 31.7. The number of allylic oxidation sites excluding steroid dienone is 8. The lowest BCUT2D eigenvalue weighted by molar-refractivity contribution is -0.144. The van der Waals surface area contributed by atoms with Gasteiger partial charge in [0.1, 0.15) is 27.9 Å². The number of rotatable bonds is 8. The fourth-order valence-electron chi connectivity index (χ4n) is 4.98. The van der Waals surface area contributed by atoms with E-state index in [9.17, 15) is 29.7 Å². The largest absolute Gasteiger partial charge is 0.507 e. The Hall–Kier alpha value is -3.87. The summed E-state index contributed by atoms with van der Waals surface area (Å²) >= 11 is 0. The maximum Gasteiger partial charge on any atom is 0.315 e. The lowest BCUT2D eigenvalue weighted by Crippen LogP contribution is -2.45. The number of carbonyl (C=O) groups is 2. The van der Waals surface area contributed by atoms with E-state index in [1.807, 2.05) is 46.8 Å². The van der Waals surface area contributed by atoms with Crippen molar-refractivity contribution in [2.45, 2.75) is 86.0 Å². The summed E-state index contributed by atoms with van der Waals surface area (Å²) in [6.07, 6.45) is 7.25. The zero-order valence-electron chi connectivity index (χ0n) is 23.8. The Bertz CT molecular complexity index is 1520. The number of phenolic OH excluding ortho intramolecular Hbond substituents is 2. The molecule has 208 valence electrons. The zero-order valence-corrected chi connectivity index (χ0v) is 23.8. The van der Waals surface area contributed by atoms with Crippen LogP contribution in [0.15, 0.2) is 61.4 Å². The first-order chi connectivity index (χ1) is 18.2. The molecule has 0 fully saturated rings. The van der Waals surface area contributed by atoms with E-state index in [-0.39, 0.29) is 58.4 Å². The molecule has 0 unspecified atom stereocenters. The third-order valence-electron chi connectivity index (χ3n) is 7.28. The van der Waals surface area contributed by atoms with Crippen LogP contribution in [-0.2, 0) is 16.6 Å². The van der Waals surface area contributed by atoms with Crippen LogP contribution in [0, 0.1) is 0 Å². The Morgan fingerprint density at radius 1 is 0.974 bits per heavy atom. The fourth-order valence-corrected chi connectivity index (χ4v) is 4.98. The van der Waals surface area contributed by atoms with Gasteiger partial charge in [-0.05, 0) is 80.6 Å². The van der Waals surface area contributed by atoms with Gasteiger partial charge in [-0.1, -0.05) is 40.5 Å². The van der Waals surface area contributed by atoms with E-state index in [1.54, 1.807) is 13.8 Å². The molecule has 0 radical (unpaired) electrons. The van der Waals surface area contributed by atoms with Gasteiger partial charge in [0.05, 0.1) is 5.56 Å². The Balaban J connectivity index is 2.38. The molecule has 7 heteroatoms. The summed E-state index contributed by atoms with van der Waals surface area (Å²) in [5.74, 6) is -2.98. The standard InChI is InChI=1S/C32H38O7/c1-17(2)9-8-10-20(7)13-14-32(31(37)38)16-22(19(5)6)27(35)30-26(32)28(36)25-24(34)15-23(33)21(29(25)39-30)12-11-18(3)4/h9,11,13,15,33-34H,8,10,12,14,16H2,1-7H3,(H,37,38)/b20-13+/t32-/m0/s1. The zero-order chi connectivity index (χ0) is 29.2. The normalized spacial score (nSPS) is 17.2. The molecule has 0 bridgehead atoms. The highest BCUT2D eigenvalue weighted by Crippen LogP contribution is 2.45. The van der Waals surface area contributed by atoms with Crippen molar-refractivity contribution < 1.29 is 29.3 Å². The van der Waals surface area contributed by atoms with Gasteiger partial charge in [0.2, 0.25) is 11.2 Å². The first kappa shape index (κ1) is 29.7. The maximum absolute atomic E-state index is 14.1. The summed E-state index contributed by atoms with van der Waals surface area (Å²) in [7, 11) is 0. The minimum atomic E-state index is -1.77. The Morgan fingerprint density at radius 2 is 1.62 bits per heavy atom. The summed E-state index contributed by atoms with van der Waals surface area (Å²) in [6.45, 7) is 13.1. The van der Waals surface area contributed by atoms with E-state index in [0.717, 1.165) is 30.1 Å². The second kappa shape index (κ2) is 11.5. The predicted octanol–water partition coefficient (Wildman–Crippen LogP) is 7.04. The third kappa shape index (κ3) is 5.77. The molecule has 0 aliphatic heterocycles. The van der Waals surface area contributed by atoms with Gasteiger partial charge in [-0.25, -0.2) is 0 Å². The number of benzene rings is 1. The molecular weight excluding hydrogens is 496 g/mol. The van der Waals surface area contributed by atoms with E-state index in [2.05, 4.69) is 6.08 Å². The van der Waals surface area contributed by atoms with E-state index < -0.39 is 28.3 Å². The van der Waals surface area contributed by atoms with Crippen molar-refractivity contribution in [3.8, 4) is 11.5 Å². The number of ketones is 1. The number of hydrogen-bond acceptors (Lipinski definition) is 6. The van der Waals surface area contributed by atoms with E-state index >= 15 is 0 Å². The number of aliphatic carboxylic acids is 1. The number of carbonyl (C=O) groups excluding carboxylic acids is 1. The molecule has 1 heterocycles. The average molecular weight is 535 g/mol. The maximum atomic E-state index is 14.1. The molecule has 2 aromatic rings. The summed E-state index contributed by atoms with van der Waals surface area (Å²) in [6, 6.07) is 1.06. The topological polar surface area (TPSA) is 125 Å². The van der Waals surface area contributed by atoms with Gasteiger partial charge in [-0.3, -0.25) is 14.4 Å². The van der Waals surface area contributed by atoms with Crippen molar-refractivity contribution in [2.24, 2.45) is 0 Å². The minimum absolute atomic E-state index is 0.0280. The number of carboxylic acid groups (broad SMARTS) is 1. The lowest BCUT2D eigenvalue weighted by atomic mass is 9.66. The molecule has 7 nitrogen and oxygen atoms in total. The Kier molecular flexibility index (Phi) is 8.74. The van der Waals surface area contributed by atoms with E-state index in [1.165, 1.54) is 5.57 Å². The monoisotopic (exact) mass is 534 g/mol. The SMILES string of the molecule is CC(C)=CCC/C(C)=C/C[C@]1(C(=O)O)CC(=C(C)C)C(=O)c2oc3c(CC=C(C)C)c(O)cc(O)c3c(=O)c21. The van der Waals surface area contributed by atoms with Crippen LogP contribution in [0.1, 0.15) is 95.8 Å². The second-order valence-electron chi connectivity index (χ2n) is 11.2. The Labute approximate surface area is 228 Å². The number of phenols is 2. The smallest absolute Gasteiger partial charge is 0.315 e. The van der Waals surface area contributed by atoms with Gasteiger partial charge in [0.25, 0.3) is 0 Å². The molecule has 3 rings (SSSR count). The van der Waals surface area contributed by atoms with Crippen LogP contribution in [0.3, 0.4) is 0 Å². The van der Waals surface area contributed by atoms with Gasteiger partial charge in [0, 0.05) is 17.2 Å². The van der Waals surface area contributed by atoms with Crippen molar-refractivity contribution >= 4 is 22.7 Å². The fraction of sp³-hybridized carbons (Fsp3) is 0.406. The molecule has 1 aromatic carbocycles. The highest BCUT2D eigenvalue weighted by Gasteiger charge is 2.51. The molecule has 1 aliphatic rings. The first-order valence-electron chi connectivity index (χ1n) is 13.1. The molecule has 3 N–H and O–H groups in total. The predicted molar refractivity (Wildman–Crippen MR) is 153 cm³/mol.